The lowest BCUT2D eigenvalue weighted by Crippen LogP contribution is -2.55. The summed E-state index contributed by atoms with van der Waals surface area (Å²) in [6.45, 7) is 6.41. The van der Waals surface area contributed by atoms with Gasteiger partial charge in [0.25, 0.3) is 0 Å². The number of carbonyl (C=O) groups is 1. The molecule has 0 aliphatic carbocycles. The van der Waals surface area contributed by atoms with E-state index in [9.17, 15) is 4.79 Å². The highest BCUT2D eigenvalue weighted by Crippen LogP contribution is 2.20. The lowest BCUT2D eigenvalue weighted by atomic mass is 10.1. The number of nitrogens with two attached hydrogens (primary N) is 1. The number of ether oxygens (including phenoxy) is 1. The maximum absolute atomic E-state index is 11.6. The van der Waals surface area contributed by atoms with E-state index < -0.39 is 0 Å². The number of hydrogen-bond donors (Lipinski definition) is 3. The molecule has 1 aliphatic heterocycles. The number of rotatable bonds is 5. The second-order valence-corrected chi connectivity index (χ2v) is 4.99. The summed E-state index contributed by atoms with van der Waals surface area (Å²) in [6.07, 6.45) is -0.221. The first-order valence-corrected chi connectivity index (χ1v) is 5.94. The fourth-order valence-corrected chi connectivity index (χ4v) is 2.10. The van der Waals surface area contributed by atoms with Gasteiger partial charge in [-0.2, -0.15) is 0 Å². The van der Waals surface area contributed by atoms with Crippen LogP contribution in [0.25, 0.3) is 0 Å². The van der Waals surface area contributed by atoms with Crippen molar-refractivity contribution in [2.45, 2.75) is 25.6 Å². The number of nitrogens with one attached hydrogen (secondary N) is 1. The molecular formula is C11H23N3O3. The summed E-state index contributed by atoms with van der Waals surface area (Å²) in [5.41, 5.74) is 4.98. The van der Waals surface area contributed by atoms with Crippen LogP contribution in [0.5, 0.6) is 0 Å². The largest absolute Gasteiger partial charge is 0.394 e. The van der Waals surface area contributed by atoms with Gasteiger partial charge in [-0.1, -0.05) is 0 Å². The molecule has 1 amide bonds. The van der Waals surface area contributed by atoms with Crippen LogP contribution in [0, 0.1) is 0 Å². The fraction of sp³-hybridized carbons (Fsp3) is 0.909. The van der Waals surface area contributed by atoms with Gasteiger partial charge in [-0.3, -0.25) is 9.69 Å². The molecule has 0 saturated carbocycles. The zero-order chi connectivity index (χ0) is 12.9. The van der Waals surface area contributed by atoms with Gasteiger partial charge in [-0.05, 0) is 13.8 Å². The number of hydrogen-bond acceptors (Lipinski definition) is 5. The molecule has 6 heteroatoms. The van der Waals surface area contributed by atoms with Crippen LogP contribution in [-0.4, -0.2) is 66.9 Å². The molecule has 0 aromatic heterocycles. The average molecular weight is 245 g/mol. The second kappa shape index (κ2) is 6.30. The van der Waals surface area contributed by atoms with E-state index in [-0.39, 0.29) is 24.2 Å². The molecule has 100 valence electrons. The summed E-state index contributed by atoms with van der Waals surface area (Å²) in [4.78, 5) is 13.6. The second-order valence-electron chi connectivity index (χ2n) is 4.99. The Hall–Kier alpha value is -0.690. The van der Waals surface area contributed by atoms with Crippen molar-refractivity contribution in [1.29, 1.82) is 0 Å². The quantitative estimate of drug-likeness (QED) is 0.550. The van der Waals surface area contributed by atoms with Crippen LogP contribution in [0.2, 0.25) is 0 Å². The predicted octanol–water partition coefficient (Wildman–Crippen LogP) is -1.47. The van der Waals surface area contributed by atoms with Gasteiger partial charge in [0.05, 0.1) is 24.9 Å². The van der Waals surface area contributed by atoms with E-state index in [0.29, 0.717) is 32.7 Å². The van der Waals surface area contributed by atoms with Crippen LogP contribution in [-0.2, 0) is 9.53 Å². The van der Waals surface area contributed by atoms with Crippen molar-refractivity contribution in [2.24, 2.45) is 5.73 Å². The zero-order valence-corrected chi connectivity index (χ0v) is 10.6. The molecule has 0 bridgehead atoms. The van der Waals surface area contributed by atoms with Crippen LogP contribution in [0.1, 0.15) is 13.8 Å². The van der Waals surface area contributed by atoms with Gasteiger partial charge in [0, 0.05) is 26.2 Å². The number of nitrogens with zero attached hydrogens (tertiary/aromatic N) is 1. The first-order chi connectivity index (χ1) is 7.96. The standard InChI is InChI=1S/C11H23N3O3/c1-11(2)8-14(5-9(7-15)17-11)6-10(16)13-4-3-12/h9,15H,3-8,12H2,1-2H3,(H,13,16). The fourth-order valence-electron chi connectivity index (χ4n) is 2.10. The van der Waals surface area contributed by atoms with Crippen LogP contribution < -0.4 is 11.1 Å². The number of morpholine rings is 1. The molecule has 6 nitrogen and oxygen atoms in total. The third kappa shape index (κ3) is 4.99. The Morgan fingerprint density at radius 1 is 1.65 bits per heavy atom. The van der Waals surface area contributed by atoms with E-state index in [0.717, 1.165) is 0 Å². The molecule has 1 saturated heterocycles. The van der Waals surface area contributed by atoms with Gasteiger partial charge in [-0.15, -0.1) is 0 Å². The van der Waals surface area contributed by atoms with Gasteiger partial charge in [0.1, 0.15) is 0 Å². The lowest BCUT2D eigenvalue weighted by molar-refractivity contribution is -0.153. The number of aliphatic hydroxyl groups is 1. The van der Waals surface area contributed by atoms with Crippen molar-refractivity contribution in [3.05, 3.63) is 0 Å². The third-order valence-electron chi connectivity index (χ3n) is 2.59. The Balaban J connectivity index is 2.44. The highest BCUT2D eigenvalue weighted by molar-refractivity contribution is 5.78. The summed E-state index contributed by atoms with van der Waals surface area (Å²) in [6, 6.07) is 0. The molecular weight excluding hydrogens is 222 g/mol. The van der Waals surface area contributed by atoms with Crippen molar-refractivity contribution < 1.29 is 14.6 Å². The number of aliphatic hydroxyl groups excluding tert-OH is 1. The Kier molecular flexibility index (Phi) is 5.32. The minimum atomic E-state index is -0.334. The van der Waals surface area contributed by atoms with Crippen molar-refractivity contribution in [2.75, 3.05) is 39.3 Å². The lowest BCUT2D eigenvalue weighted by Gasteiger charge is -2.41. The zero-order valence-electron chi connectivity index (χ0n) is 10.6. The van der Waals surface area contributed by atoms with Crippen molar-refractivity contribution in [1.82, 2.24) is 10.2 Å². The SMILES string of the molecule is CC1(C)CN(CC(=O)NCCN)CC(CO)O1. The molecule has 4 N–H and O–H groups in total. The van der Waals surface area contributed by atoms with E-state index in [1.165, 1.54) is 0 Å². The molecule has 1 aliphatic rings. The Morgan fingerprint density at radius 3 is 2.94 bits per heavy atom. The van der Waals surface area contributed by atoms with E-state index in [2.05, 4.69) is 5.32 Å². The van der Waals surface area contributed by atoms with Crippen molar-refractivity contribution >= 4 is 5.91 Å². The molecule has 1 atom stereocenters. The predicted molar refractivity (Wildman–Crippen MR) is 64.5 cm³/mol. The normalized spacial score (nSPS) is 24.6. The molecule has 17 heavy (non-hydrogen) atoms. The molecule has 0 aromatic carbocycles. The van der Waals surface area contributed by atoms with E-state index >= 15 is 0 Å². The summed E-state index contributed by atoms with van der Waals surface area (Å²) in [7, 11) is 0. The van der Waals surface area contributed by atoms with Gasteiger partial charge in [-0.25, -0.2) is 0 Å². The van der Waals surface area contributed by atoms with Crippen LogP contribution in [0.3, 0.4) is 0 Å². The first kappa shape index (κ1) is 14.4. The Morgan fingerprint density at radius 2 is 2.35 bits per heavy atom. The Labute approximate surface area is 102 Å². The smallest absolute Gasteiger partial charge is 0.234 e. The Bertz CT molecular complexity index is 258. The third-order valence-corrected chi connectivity index (χ3v) is 2.59. The number of amides is 1. The van der Waals surface area contributed by atoms with E-state index in [1.54, 1.807) is 0 Å². The van der Waals surface area contributed by atoms with E-state index in [1.807, 2.05) is 18.7 Å². The van der Waals surface area contributed by atoms with Gasteiger partial charge in [0.2, 0.25) is 5.91 Å². The maximum Gasteiger partial charge on any atom is 0.234 e. The molecule has 0 aromatic rings. The molecule has 1 fully saturated rings. The summed E-state index contributed by atoms with van der Waals surface area (Å²) >= 11 is 0. The van der Waals surface area contributed by atoms with Gasteiger partial charge < -0.3 is 20.9 Å². The van der Waals surface area contributed by atoms with Crippen LogP contribution in [0.4, 0.5) is 0 Å². The van der Waals surface area contributed by atoms with Gasteiger partial charge >= 0.3 is 0 Å². The summed E-state index contributed by atoms with van der Waals surface area (Å²) in [5.74, 6) is -0.0372. The average Bonchev–Trinajstić information content (AvgIpc) is 2.24. The molecule has 0 spiro atoms. The molecule has 1 heterocycles. The van der Waals surface area contributed by atoms with Crippen LogP contribution >= 0.6 is 0 Å². The molecule has 1 rings (SSSR count). The van der Waals surface area contributed by atoms with Crippen molar-refractivity contribution in [3.8, 4) is 0 Å². The minimum absolute atomic E-state index is 0.0235. The summed E-state index contributed by atoms with van der Waals surface area (Å²) in [5, 5.41) is 11.9. The highest BCUT2D eigenvalue weighted by atomic mass is 16.5. The van der Waals surface area contributed by atoms with Crippen molar-refractivity contribution in [3.63, 3.8) is 0 Å². The highest BCUT2D eigenvalue weighted by Gasteiger charge is 2.33. The monoisotopic (exact) mass is 245 g/mol. The first-order valence-electron chi connectivity index (χ1n) is 5.94. The van der Waals surface area contributed by atoms with Crippen LogP contribution in [0.15, 0.2) is 0 Å². The topological polar surface area (TPSA) is 87.8 Å². The molecule has 0 radical (unpaired) electrons. The number of carbonyl (C=O) groups excluding carboxylic acids is 1. The van der Waals surface area contributed by atoms with E-state index in [4.69, 9.17) is 15.6 Å². The molecule has 1 unspecified atom stereocenters. The minimum Gasteiger partial charge on any atom is -0.394 e. The van der Waals surface area contributed by atoms with Gasteiger partial charge in [0.15, 0.2) is 0 Å². The summed E-state index contributed by atoms with van der Waals surface area (Å²) < 4.78 is 5.67. The maximum atomic E-state index is 11.6.